The molecule has 0 saturated heterocycles. The van der Waals surface area contributed by atoms with E-state index >= 15 is 0 Å². The molecule has 0 heterocycles. The van der Waals surface area contributed by atoms with Gasteiger partial charge >= 0.3 is 0 Å². The highest BCUT2D eigenvalue weighted by Crippen LogP contribution is 2.37. The molecule has 14 heavy (non-hydrogen) atoms. The van der Waals surface area contributed by atoms with Gasteiger partial charge in [0.25, 0.3) is 0 Å². The molecule has 0 nitrogen and oxygen atoms in total. The van der Waals surface area contributed by atoms with E-state index in [2.05, 4.69) is 49.6 Å². The Morgan fingerprint density at radius 1 is 1.14 bits per heavy atom. The Morgan fingerprint density at radius 3 is 2.64 bits per heavy atom. The molecular formula is C14H16. The van der Waals surface area contributed by atoms with Gasteiger partial charge in [0.2, 0.25) is 0 Å². The standard InChI is InChI=1S/C14H16/c1-3-11-9-10-12-7-5-6-8-14(12)13(11)4-2/h3-8,11,13H,1-2,9-10H2. The highest BCUT2D eigenvalue weighted by atomic mass is 14.3. The molecule has 0 aliphatic heterocycles. The first kappa shape index (κ1) is 9.26. The molecule has 0 bridgehead atoms. The molecule has 0 fully saturated rings. The highest BCUT2D eigenvalue weighted by Gasteiger charge is 2.24. The molecule has 0 saturated carbocycles. The molecule has 2 rings (SSSR count). The molecule has 1 aromatic carbocycles. The fourth-order valence-electron chi connectivity index (χ4n) is 2.39. The third-order valence-corrected chi connectivity index (χ3v) is 3.18. The Morgan fingerprint density at radius 2 is 1.93 bits per heavy atom. The van der Waals surface area contributed by atoms with E-state index in [0.717, 1.165) is 0 Å². The van der Waals surface area contributed by atoms with E-state index in [1.165, 1.54) is 24.0 Å². The van der Waals surface area contributed by atoms with Crippen molar-refractivity contribution in [3.8, 4) is 0 Å². The van der Waals surface area contributed by atoms with E-state index in [0.29, 0.717) is 11.8 Å². The van der Waals surface area contributed by atoms with Crippen LogP contribution in [0.3, 0.4) is 0 Å². The van der Waals surface area contributed by atoms with E-state index in [4.69, 9.17) is 0 Å². The zero-order valence-corrected chi connectivity index (χ0v) is 8.45. The smallest absolute Gasteiger partial charge is 0.00809 e. The van der Waals surface area contributed by atoms with Gasteiger partial charge in [-0.1, -0.05) is 36.4 Å². The Kier molecular flexibility index (Phi) is 2.53. The molecule has 1 aliphatic carbocycles. The van der Waals surface area contributed by atoms with Gasteiger partial charge in [0.1, 0.15) is 0 Å². The summed E-state index contributed by atoms with van der Waals surface area (Å²) < 4.78 is 0. The Labute approximate surface area is 86.0 Å². The van der Waals surface area contributed by atoms with Crippen LogP contribution in [0.5, 0.6) is 0 Å². The first-order chi connectivity index (χ1) is 6.86. The number of hydrogen-bond donors (Lipinski definition) is 0. The maximum Gasteiger partial charge on any atom is 0.00809 e. The monoisotopic (exact) mass is 184 g/mol. The van der Waals surface area contributed by atoms with Gasteiger partial charge in [-0.15, -0.1) is 13.2 Å². The lowest BCUT2D eigenvalue weighted by atomic mass is 9.75. The largest absolute Gasteiger partial charge is 0.103 e. The maximum atomic E-state index is 3.93. The Balaban J connectivity index is 2.44. The maximum absolute atomic E-state index is 3.93. The summed E-state index contributed by atoms with van der Waals surface area (Å²) in [7, 11) is 0. The van der Waals surface area contributed by atoms with Crippen molar-refractivity contribution < 1.29 is 0 Å². The average molecular weight is 184 g/mol. The molecular weight excluding hydrogens is 168 g/mol. The van der Waals surface area contributed by atoms with Crippen LogP contribution in [-0.4, -0.2) is 0 Å². The minimum absolute atomic E-state index is 0.470. The van der Waals surface area contributed by atoms with Gasteiger partial charge in [-0.2, -0.15) is 0 Å². The first-order valence-electron chi connectivity index (χ1n) is 5.19. The quantitative estimate of drug-likeness (QED) is 0.615. The van der Waals surface area contributed by atoms with Crippen LogP contribution in [-0.2, 0) is 6.42 Å². The van der Waals surface area contributed by atoms with Crippen LogP contribution in [0.1, 0.15) is 23.5 Å². The number of allylic oxidation sites excluding steroid dienone is 2. The molecule has 72 valence electrons. The van der Waals surface area contributed by atoms with E-state index in [1.54, 1.807) is 0 Å². The van der Waals surface area contributed by atoms with Crippen molar-refractivity contribution in [2.24, 2.45) is 5.92 Å². The third-order valence-electron chi connectivity index (χ3n) is 3.18. The topological polar surface area (TPSA) is 0 Å². The number of benzene rings is 1. The zero-order chi connectivity index (χ0) is 9.97. The Bertz CT molecular complexity index is 349. The Hall–Kier alpha value is -1.30. The summed E-state index contributed by atoms with van der Waals surface area (Å²) in [5.41, 5.74) is 2.93. The van der Waals surface area contributed by atoms with Gasteiger partial charge in [-0.3, -0.25) is 0 Å². The summed E-state index contributed by atoms with van der Waals surface area (Å²) in [5, 5.41) is 0. The van der Waals surface area contributed by atoms with E-state index in [-0.39, 0.29) is 0 Å². The minimum Gasteiger partial charge on any atom is -0.103 e. The van der Waals surface area contributed by atoms with Gasteiger partial charge in [0, 0.05) is 5.92 Å². The molecule has 2 unspecified atom stereocenters. The van der Waals surface area contributed by atoms with E-state index in [1.807, 2.05) is 0 Å². The minimum atomic E-state index is 0.470. The summed E-state index contributed by atoms with van der Waals surface area (Å²) in [6, 6.07) is 8.68. The number of aryl methyl sites for hydroxylation is 1. The van der Waals surface area contributed by atoms with Crippen LogP contribution in [0.4, 0.5) is 0 Å². The zero-order valence-electron chi connectivity index (χ0n) is 8.45. The van der Waals surface area contributed by atoms with Crippen LogP contribution in [0.2, 0.25) is 0 Å². The highest BCUT2D eigenvalue weighted by molar-refractivity contribution is 5.36. The fraction of sp³-hybridized carbons (Fsp3) is 0.286. The second kappa shape index (κ2) is 3.83. The second-order valence-corrected chi connectivity index (χ2v) is 3.90. The molecule has 1 aliphatic rings. The van der Waals surface area contributed by atoms with Crippen molar-refractivity contribution >= 4 is 0 Å². The predicted octanol–water partition coefficient (Wildman–Crippen LogP) is 3.70. The fourth-order valence-corrected chi connectivity index (χ4v) is 2.39. The first-order valence-corrected chi connectivity index (χ1v) is 5.19. The van der Waals surface area contributed by atoms with Crippen molar-refractivity contribution in [3.05, 3.63) is 60.7 Å². The summed E-state index contributed by atoms with van der Waals surface area (Å²) in [6.45, 7) is 7.84. The van der Waals surface area contributed by atoms with E-state index < -0.39 is 0 Å². The summed E-state index contributed by atoms with van der Waals surface area (Å²) in [5.74, 6) is 1.04. The summed E-state index contributed by atoms with van der Waals surface area (Å²) in [6.07, 6.45) is 6.51. The van der Waals surface area contributed by atoms with Gasteiger partial charge in [-0.05, 0) is 29.9 Å². The van der Waals surface area contributed by atoms with Crippen molar-refractivity contribution in [2.75, 3.05) is 0 Å². The SMILES string of the molecule is C=CC1CCc2ccccc2C1C=C. The van der Waals surface area contributed by atoms with Crippen LogP contribution in [0.15, 0.2) is 49.6 Å². The van der Waals surface area contributed by atoms with Crippen LogP contribution < -0.4 is 0 Å². The average Bonchev–Trinajstić information content (AvgIpc) is 2.27. The predicted molar refractivity (Wildman–Crippen MR) is 61.4 cm³/mol. The molecule has 0 heteroatoms. The normalized spacial score (nSPS) is 25.1. The molecule has 0 aromatic heterocycles. The number of fused-ring (bicyclic) bond motifs is 1. The van der Waals surface area contributed by atoms with Gasteiger partial charge in [-0.25, -0.2) is 0 Å². The van der Waals surface area contributed by atoms with Crippen molar-refractivity contribution in [2.45, 2.75) is 18.8 Å². The van der Waals surface area contributed by atoms with Gasteiger partial charge in [0.05, 0.1) is 0 Å². The van der Waals surface area contributed by atoms with Crippen molar-refractivity contribution in [3.63, 3.8) is 0 Å². The van der Waals surface area contributed by atoms with Crippen LogP contribution in [0, 0.1) is 5.92 Å². The molecule has 0 radical (unpaired) electrons. The molecule has 1 aromatic rings. The molecule has 0 amide bonds. The van der Waals surface area contributed by atoms with Gasteiger partial charge < -0.3 is 0 Å². The number of hydrogen-bond acceptors (Lipinski definition) is 0. The lowest BCUT2D eigenvalue weighted by molar-refractivity contribution is 0.504. The van der Waals surface area contributed by atoms with Crippen molar-refractivity contribution in [1.82, 2.24) is 0 Å². The van der Waals surface area contributed by atoms with E-state index in [9.17, 15) is 0 Å². The molecule has 0 spiro atoms. The van der Waals surface area contributed by atoms with Gasteiger partial charge in [0.15, 0.2) is 0 Å². The van der Waals surface area contributed by atoms with Crippen molar-refractivity contribution in [1.29, 1.82) is 0 Å². The summed E-state index contributed by atoms with van der Waals surface area (Å²) >= 11 is 0. The molecule has 2 atom stereocenters. The second-order valence-electron chi connectivity index (χ2n) is 3.90. The third kappa shape index (κ3) is 1.41. The van der Waals surface area contributed by atoms with Crippen LogP contribution in [0.25, 0.3) is 0 Å². The molecule has 0 N–H and O–H groups in total. The summed E-state index contributed by atoms with van der Waals surface area (Å²) in [4.78, 5) is 0. The van der Waals surface area contributed by atoms with Crippen LogP contribution >= 0.6 is 0 Å². The number of rotatable bonds is 2. The lowest BCUT2D eigenvalue weighted by Gasteiger charge is -2.29. The lowest BCUT2D eigenvalue weighted by Crippen LogP contribution is -2.17.